The summed E-state index contributed by atoms with van der Waals surface area (Å²) in [6, 6.07) is 2.37. The lowest BCUT2D eigenvalue weighted by atomic mass is 9.80. The summed E-state index contributed by atoms with van der Waals surface area (Å²) < 4.78 is 0. The van der Waals surface area contributed by atoms with E-state index < -0.39 is 0 Å². The van der Waals surface area contributed by atoms with Gasteiger partial charge in [-0.2, -0.15) is 0 Å². The number of rotatable bonds is 3. The molecular weight excluding hydrogens is 262 g/mol. The van der Waals surface area contributed by atoms with Gasteiger partial charge in [0.15, 0.2) is 0 Å². The molecule has 5 nitrogen and oxygen atoms in total. The van der Waals surface area contributed by atoms with E-state index in [1.165, 1.54) is 19.3 Å². The summed E-state index contributed by atoms with van der Waals surface area (Å²) in [4.78, 5) is 9.14. The molecule has 4 N–H and O–H groups in total. The van der Waals surface area contributed by atoms with Crippen LogP contribution in [0.1, 0.15) is 59.7 Å². The zero-order valence-electron chi connectivity index (χ0n) is 13.9. The maximum atomic E-state index is 5.54. The summed E-state index contributed by atoms with van der Waals surface area (Å²) >= 11 is 0. The van der Waals surface area contributed by atoms with Gasteiger partial charge in [-0.25, -0.2) is 15.8 Å². The number of nitrogens with one attached hydrogen (secondary N) is 2. The quantitative estimate of drug-likeness (QED) is 0.588. The van der Waals surface area contributed by atoms with Gasteiger partial charge in [-0.05, 0) is 31.1 Å². The van der Waals surface area contributed by atoms with Gasteiger partial charge in [-0.15, -0.1) is 0 Å². The Morgan fingerprint density at radius 3 is 2.38 bits per heavy atom. The number of nitrogens with two attached hydrogens (primary N) is 1. The normalized spacial score (nSPS) is 26.5. The topological polar surface area (TPSA) is 75.9 Å². The van der Waals surface area contributed by atoms with Crippen molar-refractivity contribution in [1.82, 2.24) is 9.97 Å². The second kappa shape index (κ2) is 6.18. The molecule has 1 aliphatic rings. The molecule has 0 spiro atoms. The van der Waals surface area contributed by atoms with Crippen molar-refractivity contribution in [3.8, 4) is 0 Å². The molecule has 5 heteroatoms. The molecule has 21 heavy (non-hydrogen) atoms. The van der Waals surface area contributed by atoms with Gasteiger partial charge in [0.25, 0.3) is 0 Å². The third kappa shape index (κ3) is 4.06. The van der Waals surface area contributed by atoms with Crippen molar-refractivity contribution in [1.29, 1.82) is 0 Å². The van der Waals surface area contributed by atoms with Crippen LogP contribution in [-0.4, -0.2) is 16.0 Å². The highest BCUT2D eigenvalue weighted by Gasteiger charge is 2.26. The Morgan fingerprint density at radius 1 is 1.14 bits per heavy atom. The molecule has 1 aromatic rings. The standard InChI is InChI=1S/C16H29N5/c1-10-6-7-12(11(2)8-10)18-13-9-14(21-17)20-15(19-13)16(3,4)5/h9-12H,6-8,17H2,1-5H3,(H2,18,19,20,21). The number of hydrogen-bond acceptors (Lipinski definition) is 5. The van der Waals surface area contributed by atoms with Crippen molar-refractivity contribution < 1.29 is 0 Å². The molecule has 0 bridgehead atoms. The van der Waals surface area contributed by atoms with Crippen LogP contribution in [0.5, 0.6) is 0 Å². The Kier molecular flexibility index (Phi) is 4.71. The van der Waals surface area contributed by atoms with Gasteiger partial charge in [0.1, 0.15) is 17.5 Å². The predicted molar refractivity (Wildman–Crippen MR) is 88.1 cm³/mol. The van der Waals surface area contributed by atoms with Crippen molar-refractivity contribution in [2.45, 2.75) is 65.3 Å². The van der Waals surface area contributed by atoms with Gasteiger partial charge in [-0.3, -0.25) is 0 Å². The summed E-state index contributed by atoms with van der Waals surface area (Å²) in [5, 5.41) is 3.59. The second-order valence-corrected chi connectivity index (χ2v) is 7.50. The predicted octanol–water partition coefficient (Wildman–Crippen LogP) is 3.30. The Balaban J connectivity index is 2.19. The lowest BCUT2D eigenvalue weighted by molar-refractivity contribution is 0.276. The highest BCUT2D eigenvalue weighted by atomic mass is 15.3. The van der Waals surface area contributed by atoms with E-state index >= 15 is 0 Å². The molecule has 0 amide bonds. The zero-order chi connectivity index (χ0) is 15.6. The monoisotopic (exact) mass is 291 g/mol. The van der Waals surface area contributed by atoms with E-state index in [-0.39, 0.29) is 5.41 Å². The molecule has 1 heterocycles. The van der Waals surface area contributed by atoms with Crippen LogP contribution in [0.2, 0.25) is 0 Å². The van der Waals surface area contributed by atoms with Gasteiger partial charge >= 0.3 is 0 Å². The average molecular weight is 291 g/mol. The van der Waals surface area contributed by atoms with Gasteiger partial charge in [-0.1, -0.05) is 34.6 Å². The molecule has 0 aromatic carbocycles. The van der Waals surface area contributed by atoms with Gasteiger partial charge < -0.3 is 10.7 Å². The number of nitrogens with zero attached hydrogens (tertiary/aromatic N) is 2. The number of hydrazine groups is 1. The van der Waals surface area contributed by atoms with E-state index in [9.17, 15) is 0 Å². The van der Waals surface area contributed by atoms with Crippen LogP contribution in [0.15, 0.2) is 6.07 Å². The van der Waals surface area contributed by atoms with Gasteiger partial charge in [0, 0.05) is 17.5 Å². The summed E-state index contributed by atoms with van der Waals surface area (Å²) in [5.74, 6) is 9.37. The summed E-state index contributed by atoms with van der Waals surface area (Å²) in [6.07, 6.45) is 3.75. The van der Waals surface area contributed by atoms with Crippen LogP contribution in [-0.2, 0) is 5.41 Å². The molecule has 1 fully saturated rings. The van der Waals surface area contributed by atoms with E-state index in [2.05, 4.69) is 55.3 Å². The molecule has 1 aromatic heterocycles. The third-order valence-corrected chi connectivity index (χ3v) is 4.31. The zero-order valence-corrected chi connectivity index (χ0v) is 13.9. The molecule has 0 radical (unpaired) electrons. The first kappa shape index (κ1) is 16.0. The highest BCUT2D eigenvalue weighted by Crippen LogP contribution is 2.31. The summed E-state index contributed by atoms with van der Waals surface area (Å²) in [7, 11) is 0. The van der Waals surface area contributed by atoms with E-state index in [0.29, 0.717) is 17.8 Å². The minimum atomic E-state index is -0.101. The van der Waals surface area contributed by atoms with Crippen LogP contribution in [0.4, 0.5) is 11.6 Å². The number of hydrogen-bond donors (Lipinski definition) is 3. The average Bonchev–Trinajstić information content (AvgIpc) is 2.40. The minimum absolute atomic E-state index is 0.101. The molecule has 1 aliphatic carbocycles. The molecule has 3 atom stereocenters. The first-order valence-electron chi connectivity index (χ1n) is 7.92. The van der Waals surface area contributed by atoms with Crippen molar-refractivity contribution in [2.75, 3.05) is 10.7 Å². The van der Waals surface area contributed by atoms with Crippen molar-refractivity contribution in [3.05, 3.63) is 11.9 Å². The van der Waals surface area contributed by atoms with Gasteiger partial charge in [0.05, 0.1) is 0 Å². The first-order chi connectivity index (χ1) is 9.79. The molecule has 0 aliphatic heterocycles. The van der Waals surface area contributed by atoms with E-state index in [0.717, 1.165) is 17.6 Å². The maximum Gasteiger partial charge on any atom is 0.145 e. The Morgan fingerprint density at radius 2 is 1.81 bits per heavy atom. The number of anilines is 2. The Hall–Kier alpha value is -1.36. The van der Waals surface area contributed by atoms with Crippen LogP contribution < -0.4 is 16.6 Å². The fourth-order valence-electron chi connectivity index (χ4n) is 3.00. The smallest absolute Gasteiger partial charge is 0.145 e. The minimum Gasteiger partial charge on any atom is -0.367 e. The largest absolute Gasteiger partial charge is 0.367 e. The molecule has 1 saturated carbocycles. The Labute approximate surface area is 128 Å². The fraction of sp³-hybridized carbons (Fsp3) is 0.750. The summed E-state index contributed by atoms with van der Waals surface area (Å²) in [6.45, 7) is 11.0. The Bertz CT molecular complexity index is 480. The van der Waals surface area contributed by atoms with Crippen LogP contribution in [0.25, 0.3) is 0 Å². The molecule has 2 rings (SSSR count). The van der Waals surface area contributed by atoms with Crippen molar-refractivity contribution in [3.63, 3.8) is 0 Å². The second-order valence-electron chi connectivity index (χ2n) is 7.50. The highest BCUT2D eigenvalue weighted by molar-refractivity contribution is 5.48. The molecule has 118 valence electrons. The van der Waals surface area contributed by atoms with Crippen molar-refractivity contribution >= 4 is 11.6 Å². The molecule has 0 saturated heterocycles. The SMILES string of the molecule is CC1CCC(Nc2cc(NN)nc(C(C)(C)C)n2)C(C)C1. The van der Waals surface area contributed by atoms with E-state index in [1.54, 1.807) is 0 Å². The lowest BCUT2D eigenvalue weighted by Crippen LogP contribution is -2.33. The number of nitrogen functional groups attached to an aromatic ring is 1. The van der Waals surface area contributed by atoms with E-state index in [1.807, 2.05) is 6.07 Å². The van der Waals surface area contributed by atoms with Crippen LogP contribution >= 0.6 is 0 Å². The molecule has 3 unspecified atom stereocenters. The number of aromatic nitrogens is 2. The fourth-order valence-corrected chi connectivity index (χ4v) is 3.00. The van der Waals surface area contributed by atoms with E-state index in [4.69, 9.17) is 5.84 Å². The van der Waals surface area contributed by atoms with Crippen molar-refractivity contribution in [2.24, 2.45) is 17.7 Å². The van der Waals surface area contributed by atoms with Crippen LogP contribution in [0, 0.1) is 11.8 Å². The van der Waals surface area contributed by atoms with Gasteiger partial charge in [0.2, 0.25) is 0 Å². The third-order valence-electron chi connectivity index (χ3n) is 4.31. The lowest BCUT2D eigenvalue weighted by Gasteiger charge is -2.33. The first-order valence-corrected chi connectivity index (χ1v) is 7.92. The maximum absolute atomic E-state index is 5.54. The van der Waals surface area contributed by atoms with Crippen LogP contribution in [0.3, 0.4) is 0 Å². The molecular formula is C16H29N5. The summed E-state index contributed by atoms with van der Waals surface area (Å²) in [5.41, 5.74) is 2.54.